The highest BCUT2D eigenvalue weighted by Crippen LogP contribution is 2.36. The normalized spacial score (nSPS) is 18.2. The lowest BCUT2D eigenvalue weighted by molar-refractivity contribution is -0.118. The van der Waals surface area contributed by atoms with Crippen molar-refractivity contribution in [3.63, 3.8) is 0 Å². The number of aryl methyl sites for hydroxylation is 2. The molecule has 0 bridgehead atoms. The summed E-state index contributed by atoms with van der Waals surface area (Å²) in [4.78, 5) is 27.5. The number of Topliss-reactive ketones (excluding diaryl/α,β-unsaturated/α-hetero) is 1. The summed E-state index contributed by atoms with van der Waals surface area (Å²) >= 11 is 0. The van der Waals surface area contributed by atoms with Gasteiger partial charge in [0.05, 0.1) is 25.8 Å². The summed E-state index contributed by atoms with van der Waals surface area (Å²) in [6.45, 7) is 6.40. The molecule has 36 heavy (non-hydrogen) atoms. The van der Waals surface area contributed by atoms with E-state index in [2.05, 4.69) is 28.7 Å². The van der Waals surface area contributed by atoms with Gasteiger partial charge in [-0.3, -0.25) is 9.63 Å². The first-order valence-electron chi connectivity index (χ1n) is 12.5. The number of anilines is 2. The number of aliphatic hydroxyl groups is 1. The van der Waals surface area contributed by atoms with Crippen LogP contribution in [0.5, 0.6) is 0 Å². The maximum absolute atomic E-state index is 12.9. The van der Waals surface area contributed by atoms with Gasteiger partial charge in [-0.1, -0.05) is 0 Å². The quantitative estimate of drug-likeness (QED) is 0.364. The van der Waals surface area contributed by atoms with Crippen molar-refractivity contribution in [2.75, 3.05) is 18.5 Å². The highest BCUT2D eigenvalue weighted by Gasteiger charge is 2.32. The molecule has 1 saturated carbocycles. The molecule has 2 N–H and O–H groups in total. The average Bonchev–Trinajstić information content (AvgIpc) is 3.41. The third kappa shape index (κ3) is 4.41. The highest BCUT2D eigenvalue weighted by atomic mass is 16.7. The van der Waals surface area contributed by atoms with E-state index in [0.717, 1.165) is 58.5 Å². The second-order valence-corrected chi connectivity index (χ2v) is 9.71. The van der Waals surface area contributed by atoms with Crippen molar-refractivity contribution < 1.29 is 14.7 Å². The van der Waals surface area contributed by atoms with Gasteiger partial charge in [0.25, 0.3) is 0 Å². The Bertz CT molecular complexity index is 1440. The molecular formula is C27H30N6O3. The fraction of sp³-hybridized carbons (Fsp3) is 0.370. The first kappa shape index (κ1) is 22.9. The predicted molar refractivity (Wildman–Crippen MR) is 136 cm³/mol. The average molecular weight is 487 g/mol. The number of aliphatic hydroxyl groups excluding tert-OH is 1. The topological polar surface area (TPSA) is 97.4 Å². The van der Waals surface area contributed by atoms with Crippen LogP contribution in [0, 0.1) is 12.8 Å². The Balaban J connectivity index is 1.25. The maximum atomic E-state index is 12.9. The Morgan fingerprint density at radius 1 is 1.22 bits per heavy atom. The molecule has 0 spiro atoms. The second-order valence-electron chi connectivity index (χ2n) is 9.71. The maximum Gasteiger partial charge on any atom is 0.229 e. The number of ketones is 1. The molecule has 1 aliphatic carbocycles. The van der Waals surface area contributed by atoms with E-state index < -0.39 is 6.10 Å². The Labute approximate surface area is 209 Å². The molecule has 1 aliphatic heterocycles. The molecule has 1 saturated heterocycles. The monoisotopic (exact) mass is 486 g/mol. The molecule has 4 aromatic rings. The van der Waals surface area contributed by atoms with Gasteiger partial charge in [0.15, 0.2) is 5.78 Å². The van der Waals surface area contributed by atoms with Crippen molar-refractivity contribution in [3.05, 3.63) is 65.7 Å². The van der Waals surface area contributed by atoms with Crippen LogP contribution in [0.25, 0.3) is 16.7 Å². The smallest absolute Gasteiger partial charge is 0.229 e. The number of benzene rings is 1. The number of hydroxylamine groups is 2. The third-order valence-corrected chi connectivity index (χ3v) is 6.94. The van der Waals surface area contributed by atoms with E-state index in [1.54, 1.807) is 11.3 Å². The molecule has 186 valence electrons. The lowest BCUT2D eigenvalue weighted by Gasteiger charge is -2.12. The summed E-state index contributed by atoms with van der Waals surface area (Å²) < 4.78 is 4.10. The van der Waals surface area contributed by atoms with Crippen LogP contribution in [-0.2, 0) is 17.9 Å². The third-order valence-electron chi connectivity index (χ3n) is 6.94. The van der Waals surface area contributed by atoms with Gasteiger partial charge >= 0.3 is 0 Å². The molecule has 1 aromatic carbocycles. The van der Waals surface area contributed by atoms with Crippen LogP contribution in [0.2, 0.25) is 0 Å². The summed E-state index contributed by atoms with van der Waals surface area (Å²) in [5, 5.41) is 15.8. The fourth-order valence-electron chi connectivity index (χ4n) is 4.81. The van der Waals surface area contributed by atoms with Crippen molar-refractivity contribution in [2.24, 2.45) is 5.92 Å². The van der Waals surface area contributed by atoms with E-state index in [9.17, 15) is 9.90 Å². The number of rotatable bonds is 8. The zero-order chi connectivity index (χ0) is 24.8. The van der Waals surface area contributed by atoms with Gasteiger partial charge in [-0.2, -0.15) is 10.0 Å². The molecule has 9 heteroatoms. The Hall–Kier alpha value is -3.53. The number of carbonyl (C=O) groups is 1. The molecular weight excluding hydrogens is 456 g/mol. The summed E-state index contributed by atoms with van der Waals surface area (Å²) in [6.07, 6.45) is 9.33. The molecule has 6 rings (SSSR count). The van der Waals surface area contributed by atoms with Crippen LogP contribution in [0.3, 0.4) is 0 Å². The van der Waals surface area contributed by atoms with Crippen LogP contribution < -0.4 is 5.32 Å². The molecule has 9 nitrogen and oxygen atoms in total. The van der Waals surface area contributed by atoms with E-state index in [4.69, 9.17) is 9.82 Å². The second kappa shape index (κ2) is 9.16. The molecule has 2 fully saturated rings. The number of nitrogens with zero attached hydrogens (tertiary/aromatic N) is 5. The van der Waals surface area contributed by atoms with E-state index in [-0.39, 0.29) is 11.7 Å². The lowest BCUT2D eigenvalue weighted by Crippen LogP contribution is -2.20. The largest absolute Gasteiger partial charge is 0.389 e. The van der Waals surface area contributed by atoms with Gasteiger partial charge in [0.2, 0.25) is 5.95 Å². The SMILES string of the molecule is CCn1cc(C(=O)C2CC2)c2cc(Nc3nccc(-n4cc(C)c(CN5C[C@H](O)CO5)c4)n3)ccc21. The Morgan fingerprint density at radius 3 is 2.83 bits per heavy atom. The molecule has 1 atom stereocenters. The number of β-amino-alcohol motifs (C(OH)–C–C–N with tert-alkyl or cyclic N) is 1. The van der Waals surface area contributed by atoms with Crippen LogP contribution in [0.1, 0.15) is 41.3 Å². The fourth-order valence-corrected chi connectivity index (χ4v) is 4.81. The molecule has 0 unspecified atom stereocenters. The number of fused-ring (bicyclic) bond motifs is 1. The van der Waals surface area contributed by atoms with Gasteiger partial charge in [0, 0.05) is 59.4 Å². The molecule has 2 aliphatic rings. The van der Waals surface area contributed by atoms with Gasteiger partial charge < -0.3 is 19.6 Å². The first-order valence-corrected chi connectivity index (χ1v) is 12.5. The number of hydrogen-bond donors (Lipinski definition) is 2. The van der Waals surface area contributed by atoms with Gasteiger partial charge in [-0.05, 0) is 62.1 Å². The minimum Gasteiger partial charge on any atom is -0.389 e. The number of nitrogens with one attached hydrogen (secondary N) is 1. The van der Waals surface area contributed by atoms with Gasteiger partial charge in [-0.15, -0.1) is 0 Å². The van der Waals surface area contributed by atoms with E-state index in [0.29, 0.717) is 25.6 Å². The van der Waals surface area contributed by atoms with Crippen molar-refractivity contribution in [3.8, 4) is 5.82 Å². The van der Waals surface area contributed by atoms with Crippen molar-refractivity contribution >= 4 is 28.3 Å². The van der Waals surface area contributed by atoms with Gasteiger partial charge in [-0.25, -0.2) is 4.98 Å². The van der Waals surface area contributed by atoms with Crippen molar-refractivity contribution in [1.29, 1.82) is 0 Å². The van der Waals surface area contributed by atoms with Gasteiger partial charge in [0.1, 0.15) is 5.82 Å². The number of hydrogen-bond acceptors (Lipinski definition) is 7. The first-order chi connectivity index (χ1) is 17.5. The van der Waals surface area contributed by atoms with E-state index in [1.807, 2.05) is 47.4 Å². The molecule has 0 amide bonds. The summed E-state index contributed by atoms with van der Waals surface area (Å²) in [5.41, 5.74) is 4.93. The standard InChI is InChI=1S/C27H30N6O3/c1-3-31-15-23(26(35)18-4-5-18)22-10-20(6-7-24(22)31)29-27-28-9-8-25(30-27)32-11-17(2)19(12-32)13-33-14-21(34)16-36-33/h6-12,15,18,21,34H,3-5,13-14,16H2,1-2H3,(H,28,29,30)/t21-/m0/s1. The molecule has 4 heterocycles. The van der Waals surface area contributed by atoms with E-state index in [1.165, 1.54) is 0 Å². The zero-order valence-electron chi connectivity index (χ0n) is 20.5. The molecule has 3 aromatic heterocycles. The minimum atomic E-state index is -0.439. The lowest BCUT2D eigenvalue weighted by atomic mass is 10.1. The zero-order valence-corrected chi connectivity index (χ0v) is 20.5. The van der Waals surface area contributed by atoms with Crippen LogP contribution >= 0.6 is 0 Å². The highest BCUT2D eigenvalue weighted by molar-refractivity contribution is 6.10. The Kier molecular flexibility index (Phi) is 5.83. The van der Waals surface area contributed by atoms with Crippen LogP contribution in [0.4, 0.5) is 11.6 Å². The van der Waals surface area contributed by atoms with Crippen LogP contribution in [-0.4, -0.2) is 54.3 Å². The summed E-state index contributed by atoms with van der Waals surface area (Å²) in [7, 11) is 0. The number of carbonyl (C=O) groups excluding carboxylic acids is 1. The minimum absolute atomic E-state index is 0.176. The van der Waals surface area contributed by atoms with Crippen molar-refractivity contribution in [1.82, 2.24) is 24.2 Å². The summed E-state index contributed by atoms with van der Waals surface area (Å²) in [5.74, 6) is 1.65. The molecule has 0 radical (unpaired) electrons. The number of aromatic nitrogens is 4. The Morgan fingerprint density at radius 2 is 2.08 bits per heavy atom. The van der Waals surface area contributed by atoms with Crippen molar-refractivity contribution in [2.45, 2.75) is 45.9 Å². The van der Waals surface area contributed by atoms with E-state index >= 15 is 0 Å². The van der Waals surface area contributed by atoms with Crippen LogP contribution in [0.15, 0.2) is 49.1 Å². The summed E-state index contributed by atoms with van der Waals surface area (Å²) in [6, 6.07) is 7.93. The predicted octanol–water partition coefficient (Wildman–Crippen LogP) is 3.99.